The van der Waals surface area contributed by atoms with Gasteiger partial charge in [0.2, 0.25) is 0 Å². The third-order valence-corrected chi connectivity index (χ3v) is 1.73. The third-order valence-electron chi connectivity index (χ3n) is 1.73. The molecule has 0 aliphatic carbocycles. The van der Waals surface area contributed by atoms with E-state index in [2.05, 4.69) is 10.1 Å². The highest BCUT2D eigenvalue weighted by Gasteiger charge is 2.36. The van der Waals surface area contributed by atoms with Gasteiger partial charge >= 0.3 is 12.1 Å². The number of methoxy groups -OCH3 is 1. The zero-order valence-corrected chi connectivity index (χ0v) is 10.3. The predicted octanol–water partition coefficient (Wildman–Crippen LogP) is 0.435. The van der Waals surface area contributed by atoms with Crippen LogP contribution in [0.1, 0.15) is 27.7 Å². The molecule has 2 N–H and O–H groups in total. The fourth-order valence-electron chi connectivity index (χ4n) is 0.909. The van der Waals surface area contributed by atoms with E-state index in [0.717, 1.165) is 0 Å². The zero-order chi connectivity index (χ0) is 13.0. The van der Waals surface area contributed by atoms with Crippen molar-refractivity contribution in [2.45, 2.75) is 38.8 Å². The molecular formula is C10H19NO5. The summed E-state index contributed by atoms with van der Waals surface area (Å²) >= 11 is 0. The van der Waals surface area contributed by atoms with Crippen LogP contribution in [0.5, 0.6) is 0 Å². The van der Waals surface area contributed by atoms with E-state index in [9.17, 15) is 9.59 Å². The zero-order valence-electron chi connectivity index (χ0n) is 10.3. The Balaban J connectivity index is 4.55. The Morgan fingerprint density at radius 1 is 1.25 bits per heavy atom. The summed E-state index contributed by atoms with van der Waals surface area (Å²) in [6.07, 6.45) is -0.783. The number of nitrogens with one attached hydrogen (secondary N) is 1. The Bertz CT molecular complexity index is 271. The fraction of sp³-hybridized carbons (Fsp3) is 0.800. The lowest BCUT2D eigenvalue weighted by atomic mass is 10.1. The molecule has 0 saturated carbocycles. The van der Waals surface area contributed by atoms with E-state index in [1.54, 1.807) is 20.8 Å². The van der Waals surface area contributed by atoms with Gasteiger partial charge in [0.05, 0.1) is 13.7 Å². The molecule has 0 aliphatic rings. The lowest BCUT2D eigenvalue weighted by Crippen LogP contribution is -2.56. The van der Waals surface area contributed by atoms with Crippen LogP contribution in [-0.4, -0.2) is 42.0 Å². The third kappa shape index (κ3) is 4.48. The van der Waals surface area contributed by atoms with Crippen molar-refractivity contribution in [3.8, 4) is 0 Å². The van der Waals surface area contributed by atoms with Gasteiger partial charge in [0, 0.05) is 0 Å². The Morgan fingerprint density at radius 3 is 2.06 bits per heavy atom. The minimum atomic E-state index is -1.49. The normalized spacial score (nSPS) is 14.9. The quantitative estimate of drug-likeness (QED) is 0.691. The van der Waals surface area contributed by atoms with Crippen molar-refractivity contribution in [2.24, 2.45) is 0 Å². The summed E-state index contributed by atoms with van der Waals surface area (Å²) in [7, 11) is 1.17. The SMILES string of the molecule is COC(=O)[C@@](C)(CO)NC(=O)OC(C)(C)C. The maximum Gasteiger partial charge on any atom is 0.408 e. The first kappa shape index (κ1) is 14.7. The van der Waals surface area contributed by atoms with Gasteiger partial charge in [-0.25, -0.2) is 9.59 Å². The van der Waals surface area contributed by atoms with Gasteiger partial charge in [-0.05, 0) is 27.7 Å². The lowest BCUT2D eigenvalue weighted by molar-refractivity contribution is -0.149. The van der Waals surface area contributed by atoms with E-state index in [0.29, 0.717) is 0 Å². The van der Waals surface area contributed by atoms with E-state index >= 15 is 0 Å². The van der Waals surface area contributed by atoms with Crippen molar-refractivity contribution in [3.05, 3.63) is 0 Å². The molecule has 0 radical (unpaired) electrons. The molecule has 0 aromatic heterocycles. The molecule has 6 nitrogen and oxygen atoms in total. The van der Waals surface area contributed by atoms with Crippen LogP contribution < -0.4 is 5.32 Å². The number of esters is 1. The Kier molecular flexibility index (Phi) is 4.74. The first-order valence-corrected chi connectivity index (χ1v) is 4.85. The molecule has 0 rings (SSSR count). The van der Waals surface area contributed by atoms with Crippen LogP contribution in [0, 0.1) is 0 Å². The molecule has 1 atom stereocenters. The minimum absolute atomic E-state index is 0.571. The molecule has 1 amide bonds. The summed E-state index contributed by atoms with van der Waals surface area (Å²) in [6.45, 7) is 5.87. The van der Waals surface area contributed by atoms with Crippen molar-refractivity contribution in [1.29, 1.82) is 0 Å². The van der Waals surface area contributed by atoms with Gasteiger partial charge in [0.25, 0.3) is 0 Å². The Hall–Kier alpha value is -1.30. The highest BCUT2D eigenvalue weighted by molar-refractivity contribution is 5.85. The molecule has 0 saturated heterocycles. The van der Waals surface area contributed by atoms with Crippen molar-refractivity contribution in [2.75, 3.05) is 13.7 Å². The highest BCUT2D eigenvalue weighted by atomic mass is 16.6. The van der Waals surface area contributed by atoms with Gasteiger partial charge in [0.1, 0.15) is 5.60 Å². The number of aliphatic hydroxyl groups excluding tert-OH is 1. The smallest absolute Gasteiger partial charge is 0.408 e. The first-order chi connectivity index (χ1) is 7.14. The molecule has 0 aliphatic heterocycles. The topological polar surface area (TPSA) is 84.9 Å². The number of carbonyl (C=O) groups is 2. The molecule has 0 aromatic carbocycles. The van der Waals surface area contributed by atoms with Crippen LogP contribution in [0.25, 0.3) is 0 Å². The van der Waals surface area contributed by atoms with Crippen molar-refractivity contribution in [3.63, 3.8) is 0 Å². The average molecular weight is 233 g/mol. The van der Waals surface area contributed by atoms with Gasteiger partial charge < -0.3 is 19.9 Å². The van der Waals surface area contributed by atoms with E-state index < -0.39 is 29.8 Å². The van der Waals surface area contributed by atoms with Gasteiger partial charge in [-0.15, -0.1) is 0 Å². The second-order valence-electron chi connectivity index (χ2n) is 4.61. The predicted molar refractivity (Wildman–Crippen MR) is 56.9 cm³/mol. The summed E-state index contributed by atoms with van der Waals surface area (Å²) in [5, 5.41) is 11.3. The molecule has 0 aromatic rings. The number of alkyl carbamates (subject to hydrolysis) is 1. The second kappa shape index (κ2) is 5.16. The van der Waals surface area contributed by atoms with Gasteiger partial charge in [-0.2, -0.15) is 0 Å². The van der Waals surface area contributed by atoms with Crippen LogP contribution in [0.3, 0.4) is 0 Å². The fourth-order valence-corrected chi connectivity index (χ4v) is 0.909. The number of rotatable bonds is 3. The minimum Gasteiger partial charge on any atom is -0.467 e. The van der Waals surface area contributed by atoms with Gasteiger partial charge in [0.15, 0.2) is 5.54 Å². The summed E-state index contributed by atoms with van der Waals surface area (Å²) in [6, 6.07) is 0. The number of amides is 1. The molecule has 0 bridgehead atoms. The van der Waals surface area contributed by atoms with Gasteiger partial charge in [-0.1, -0.05) is 0 Å². The van der Waals surface area contributed by atoms with Crippen LogP contribution in [-0.2, 0) is 14.3 Å². The number of hydrogen-bond donors (Lipinski definition) is 2. The van der Waals surface area contributed by atoms with Crippen molar-refractivity contribution in [1.82, 2.24) is 5.32 Å². The van der Waals surface area contributed by atoms with E-state index in [4.69, 9.17) is 9.84 Å². The Labute approximate surface area is 94.9 Å². The number of aliphatic hydroxyl groups is 1. The molecule has 0 fully saturated rings. The standard InChI is InChI=1S/C10H19NO5/c1-9(2,3)16-8(14)11-10(4,6-12)7(13)15-5/h12H,6H2,1-5H3,(H,11,14)/t10-/m1/s1. The van der Waals surface area contributed by atoms with Crippen molar-refractivity contribution < 1.29 is 24.2 Å². The molecule has 0 spiro atoms. The van der Waals surface area contributed by atoms with Crippen molar-refractivity contribution >= 4 is 12.1 Å². The monoisotopic (exact) mass is 233 g/mol. The molecule has 94 valence electrons. The second-order valence-corrected chi connectivity index (χ2v) is 4.61. The molecule has 0 unspecified atom stereocenters. The van der Waals surface area contributed by atoms with E-state index in [1.807, 2.05) is 0 Å². The van der Waals surface area contributed by atoms with E-state index in [1.165, 1.54) is 14.0 Å². The average Bonchev–Trinajstić information content (AvgIpc) is 2.13. The number of hydrogen-bond acceptors (Lipinski definition) is 5. The maximum absolute atomic E-state index is 11.4. The summed E-state index contributed by atoms with van der Waals surface area (Å²) in [5.74, 6) is -0.735. The molecule has 6 heteroatoms. The molecule has 0 heterocycles. The largest absolute Gasteiger partial charge is 0.467 e. The number of carbonyl (C=O) groups excluding carboxylic acids is 2. The van der Waals surface area contributed by atoms with Gasteiger partial charge in [-0.3, -0.25) is 0 Å². The molecule has 16 heavy (non-hydrogen) atoms. The van der Waals surface area contributed by atoms with Crippen LogP contribution in [0.4, 0.5) is 4.79 Å². The summed E-state index contributed by atoms with van der Waals surface area (Å²) < 4.78 is 9.43. The van der Waals surface area contributed by atoms with Crippen LogP contribution in [0.2, 0.25) is 0 Å². The first-order valence-electron chi connectivity index (χ1n) is 4.85. The lowest BCUT2D eigenvalue weighted by Gasteiger charge is -2.27. The Morgan fingerprint density at radius 2 is 1.75 bits per heavy atom. The summed E-state index contributed by atoms with van der Waals surface area (Å²) in [5.41, 5.74) is -2.16. The molecular weight excluding hydrogens is 214 g/mol. The van der Waals surface area contributed by atoms with E-state index in [-0.39, 0.29) is 0 Å². The van der Waals surface area contributed by atoms with Crippen LogP contribution in [0.15, 0.2) is 0 Å². The maximum atomic E-state index is 11.4. The summed E-state index contributed by atoms with van der Waals surface area (Å²) in [4.78, 5) is 22.7. The highest BCUT2D eigenvalue weighted by Crippen LogP contribution is 2.10. The number of ether oxygens (including phenoxy) is 2. The van der Waals surface area contributed by atoms with Crippen LogP contribution >= 0.6 is 0 Å².